The van der Waals surface area contributed by atoms with E-state index in [0.717, 1.165) is 51.3 Å². The number of hydrogen-bond acceptors (Lipinski definition) is 6. The first kappa shape index (κ1) is 21.9. The number of methoxy groups -OCH3 is 2. The Balaban J connectivity index is 1.64. The average Bonchev–Trinajstić information content (AvgIpc) is 3.36. The third-order valence-electron chi connectivity index (χ3n) is 5.85. The van der Waals surface area contributed by atoms with Gasteiger partial charge in [-0.3, -0.25) is 0 Å². The van der Waals surface area contributed by atoms with Crippen LogP contribution in [0.2, 0.25) is 0 Å². The normalized spacial score (nSPS) is 13.3. The van der Waals surface area contributed by atoms with Crippen molar-refractivity contribution in [1.29, 1.82) is 0 Å². The summed E-state index contributed by atoms with van der Waals surface area (Å²) in [6, 6.07) is 19.5. The largest absolute Gasteiger partial charge is 0.493 e. The summed E-state index contributed by atoms with van der Waals surface area (Å²) >= 11 is 0. The van der Waals surface area contributed by atoms with E-state index in [1.807, 2.05) is 68.7 Å². The van der Waals surface area contributed by atoms with E-state index in [9.17, 15) is 0 Å². The minimum atomic E-state index is 0.609. The van der Waals surface area contributed by atoms with E-state index >= 15 is 0 Å². The zero-order valence-corrected chi connectivity index (χ0v) is 19.7. The highest BCUT2D eigenvalue weighted by Gasteiger charge is 2.32. The molecule has 0 saturated carbocycles. The lowest BCUT2D eigenvalue weighted by Gasteiger charge is -2.12. The molecule has 174 valence electrons. The fourth-order valence-corrected chi connectivity index (χ4v) is 4.15. The van der Waals surface area contributed by atoms with Crippen LogP contribution in [-0.4, -0.2) is 57.1 Å². The average molecular weight is 458 g/mol. The van der Waals surface area contributed by atoms with Gasteiger partial charge in [0.1, 0.15) is 18.1 Å². The van der Waals surface area contributed by atoms with E-state index in [-0.39, 0.29) is 0 Å². The van der Waals surface area contributed by atoms with E-state index in [1.54, 1.807) is 14.2 Å². The smallest absolute Gasteiger partial charge is 0.161 e. The van der Waals surface area contributed by atoms with Crippen LogP contribution in [-0.2, 0) is 0 Å². The van der Waals surface area contributed by atoms with Crippen molar-refractivity contribution < 1.29 is 19.0 Å². The Morgan fingerprint density at radius 2 is 1.59 bits per heavy atom. The summed E-state index contributed by atoms with van der Waals surface area (Å²) in [4.78, 5) is 11.5. The predicted octanol–water partition coefficient (Wildman–Crippen LogP) is 4.94. The summed E-state index contributed by atoms with van der Waals surface area (Å²) in [7, 11) is 7.32. The standard InChI is InChI=1S/C27H27N3O4/c1-30(2)12-13-33-18-10-11-22-21(14-18)25-26(28-22)19-15-23(31-3)24(32-4)16-20(19)27(25)29-34-17-8-6-5-7-9-17/h5-11,14-16,28H,12-13H2,1-4H3. The number of rotatable bonds is 8. The van der Waals surface area contributed by atoms with Gasteiger partial charge in [-0.2, -0.15) is 0 Å². The van der Waals surface area contributed by atoms with E-state index < -0.39 is 0 Å². The summed E-state index contributed by atoms with van der Waals surface area (Å²) in [5.74, 6) is 2.77. The van der Waals surface area contributed by atoms with Gasteiger partial charge < -0.3 is 28.9 Å². The van der Waals surface area contributed by atoms with Crippen LogP contribution in [0.25, 0.3) is 22.2 Å². The summed E-state index contributed by atoms with van der Waals surface area (Å²) < 4.78 is 17.1. The summed E-state index contributed by atoms with van der Waals surface area (Å²) in [6.07, 6.45) is 0. The van der Waals surface area contributed by atoms with Crippen LogP contribution in [0.3, 0.4) is 0 Å². The third-order valence-corrected chi connectivity index (χ3v) is 5.85. The number of nitrogens with one attached hydrogen (secondary N) is 1. The summed E-state index contributed by atoms with van der Waals surface area (Å²) in [5, 5.41) is 5.61. The Morgan fingerprint density at radius 1 is 0.853 bits per heavy atom. The second-order valence-corrected chi connectivity index (χ2v) is 8.33. The van der Waals surface area contributed by atoms with Gasteiger partial charge in [0.2, 0.25) is 0 Å². The zero-order chi connectivity index (χ0) is 23.7. The minimum Gasteiger partial charge on any atom is -0.493 e. The van der Waals surface area contributed by atoms with Gasteiger partial charge in [0.05, 0.1) is 19.9 Å². The molecular formula is C27H27N3O4. The molecule has 0 bridgehead atoms. The molecule has 7 nitrogen and oxygen atoms in total. The van der Waals surface area contributed by atoms with Gasteiger partial charge in [0.25, 0.3) is 0 Å². The van der Waals surface area contributed by atoms with Crippen molar-refractivity contribution in [2.24, 2.45) is 5.16 Å². The van der Waals surface area contributed by atoms with Crippen molar-refractivity contribution in [3.05, 3.63) is 71.8 Å². The van der Waals surface area contributed by atoms with Crippen LogP contribution in [0, 0.1) is 0 Å². The highest BCUT2D eigenvalue weighted by atomic mass is 16.6. The number of oxime groups is 1. The van der Waals surface area contributed by atoms with Crippen molar-refractivity contribution in [3.63, 3.8) is 0 Å². The molecule has 1 aromatic heterocycles. The molecule has 0 unspecified atom stereocenters. The van der Waals surface area contributed by atoms with E-state index in [2.05, 4.69) is 21.1 Å². The van der Waals surface area contributed by atoms with Crippen LogP contribution < -0.4 is 19.0 Å². The molecule has 0 radical (unpaired) electrons. The molecule has 1 aliphatic carbocycles. The first-order chi connectivity index (χ1) is 16.6. The highest BCUT2D eigenvalue weighted by molar-refractivity contribution is 6.30. The maximum Gasteiger partial charge on any atom is 0.161 e. The molecule has 34 heavy (non-hydrogen) atoms. The number of H-pyrrole nitrogens is 1. The number of fused-ring (bicyclic) bond motifs is 5. The predicted molar refractivity (Wildman–Crippen MR) is 134 cm³/mol. The molecule has 1 heterocycles. The minimum absolute atomic E-state index is 0.609. The van der Waals surface area contributed by atoms with Crippen molar-refractivity contribution in [2.75, 3.05) is 41.5 Å². The van der Waals surface area contributed by atoms with E-state index in [0.29, 0.717) is 23.9 Å². The molecule has 7 heteroatoms. The Bertz CT molecular complexity index is 1360. The molecular weight excluding hydrogens is 430 g/mol. The Morgan fingerprint density at radius 3 is 2.29 bits per heavy atom. The van der Waals surface area contributed by atoms with Gasteiger partial charge in [0.15, 0.2) is 17.2 Å². The number of hydrogen-bond donors (Lipinski definition) is 1. The molecule has 0 saturated heterocycles. The molecule has 1 aliphatic rings. The fourth-order valence-electron chi connectivity index (χ4n) is 4.15. The number of aromatic nitrogens is 1. The second kappa shape index (κ2) is 9.11. The van der Waals surface area contributed by atoms with Gasteiger partial charge in [-0.1, -0.05) is 23.4 Å². The van der Waals surface area contributed by atoms with Crippen molar-refractivity contribution in [1.82, 2.24) is 9.88 Å². The first-order valence-corrected chi connectivity index (χ1v) is 11.1. The summed E-state index contributed by atoms with van der Waals surface area (Å²) in [5.41, 5.74) is 5.55. The number of ether oxygens (including phenoxy) is 3. The highest BCUT2D eigenvalue weighted by Crippen LogP contribution is 2.46. The van der Waals surface area contributed by atoms with Crippen LogP contribution >= 0.6 is 0 Å². The first-order valence-electron chi connectivity index (χ1n) is 11.1. The van der Waals surface area contributed by atoms with Gasteiger partial charge in [-0.25, -0.2) is 0 Å². The molecule has 0 amide bonds. The molecule has 1 N–H and O–H groups in total. The number of benzene rings is 3. The molecule has 0 atom stereocenters. The van der Waals surface area contributed by atoms with Crippen LogP contribution in [0.1, 0.15) is 11.1 Å². The van der Waals surface area contributed by atoms with Gasteiger partial charge in [-0.15, -0.1) is 0 Å². The molecule has 0 aliphatic heterocycles. The van der Waals surface area contributed by atoms with Gasteiger partial charge in [-0.05, 0) is 56.6 Å². The maximum absolute atomic E-state index is 6.00. The lowest BCUT2D eigenvalue weighted by atomic mass is 10.1. The Hall–Kier alpha value is -3.97. The SMILES string of the molecule is COc1cc2c(cc1OC)-c1[nH]c3ccc(OCCN(C)C)cc3c1C2=NOc1ccccc1. The van der Waals surface area contributed by atoms with Crippen LogP contribution in [0.5, 0.6) is 23.0 Å². The van der Waals surface area contributed by atoms with Gasteiger partial charge >= 0.3 is 0 Å². The van der Waals surface area contributed by atoms with Crippen LogP contribution in [0.15, 0.2) is 65.8 Å². The van der Waals surface area contributed by atoms with Gasteiger partial charge in [0, 0.05) is 34.1 Å². The second-order valence-electron chi connectivity index (χ2n) is 8.33. The monoisotopic (exact) mass is 457 g/mol. The number of nitrogens with zero attached hydrogens (tertiary/aromatic N) is 2. The van der Waals surface area contributed by atoms with Crippen molar-refractivity contribution >= 4 is 16.6 Å². The number of likely N-dealkylation sites (N-methyl/N-ethyl adjacent to an activating group) is 1. The van der Waals surface area contributed by atoms with Crippen molar-refractivity contribution in [3.8, 4) is 34.3 Å². The lowest BCUT2D eigenvalue weighted by molar-refractivity contribution is 0.261. The lowest BCUT2D eigenvalue weighted by Crippen LogP contribution is -2.19. The van der Waals surface area contributed by atoms with Crippen molar-refractivity contribution in [2.45, 2.75) is 0 Å². The third kappa shape index (κ3) is 3.95. The molecule has 0 spiro atoms. The number of para-hydroxylation sites is 1. The quantitative estimate of drug-likeness (QED) is 0.335. The maximum atomic E-state index is 6.00. The molecule has 3 aromatic carbocycles. The summed E-state index contributed by atoms with van der Waals surface area (Å²) in [6.45, 7) is 1.45. The molecule has 5 rings (SSSR count). The number of aromatic amines is 1. The van der Waals surface area contributed by atoms with Crippen LogP contribution in [0.4, 0.5) is 0 Å². The molecule has 0 fully saturated rings. The topological polar surface area (TPSA) is 68.3 Å². The Labute approximate surface area is 198 Å². The fraction of sp³-hybridized carbons (Fsp3) is 0.222. The molecule has 4 aromatic rings. The van der Waals surface area contributed by atoms with E-state index in [4.69, 9.17) is 19.0 Å². The Kier molecular flexibility index (Phi) is 5.86. The zero-order valence-electron chi connectivity index (χ0n) is 19.7. The van der Waals surface area contributed by atoms with E-state index in [1.165, 1.54) is 0 Å².